The van der Waals surface area contributed by atoms with E-state index in [1.54, 1.807) is 25.5 Å². The molecule has 1 aromatic heterocycles. The van der Waals surface area contributed by atoms with Gasteiger partial charge in [0.1, 0.15) is 5.54 Å². The molecule has 1 fully saturated rings. The Morgan fingerprint density at radius 2 is 2.11 bits per heavy atom. The first-order valence-corrected chi connectivity index (χ1v) is 5.52. The van der Waals surface area contributed by atoms with Gasteiger partial charge in [-0.1, -0.05) is 0 Å². The summed E-state index contributed by atoms with van der Waals surface area (Å²) in [6.45, 7) is 0. The first kappa shape index (κ1) is 12.2. The number of rotatable bonds is 4. The van der Waals surface area contributed by atoms with Crippen molar-refractivity contribution in [1.29, 1.82) is 0 Å². The average Bonchev–Trinajstić information content (AvgIpc) is 3.10. The van der Waals surface area contributed by atoms with E-state index in [0.29, 0.717) is 24.2 Å². The van der Waals surface area contributed by atoms with E-state index in [9.17, 15) is 9.59 Å². The van der Waals surface area contributed by atoms with Gasteiger partial charge in [-0.2, -0.15) is 0 Å². The fraction of sp³-hybridized carbons (Fsp3) is 0.364. The molecule has 7 nitrogen and oxygen atoms in total. The van der Waals surface area contributed by atoms with Crippen molar-refractivity contribution in [3.63, 3.8) is 0 Å². The summed E-state index contributed by atoms with van der Waals surface area (Å²) in [6, 6.07) is 1.65. The van der Waals surface area contributed by atoms with Crippen LogP contribution >= 0.6 is 0 Å². The molecule has 2 amide bonds. The number of aromatic nitrogens is 1. The van der Waals surface area contributed by atoms with Gasteiger partial charge >= 0.3 is 6.09 Å². The van der Waals surface area contributed by atoms with E-state index < -0.39 is 11.6 Å². The standard InChI is InChI=1S/C11H14N4O3/c1-12-8-6-13-5-2-7(8)14-9(16)11(3-4-11)15-10(17)18/h2,5-6,12,15H,3-4H2,1H3,(H,17,18)(H,13,14,16). The first-order valence-electron chi connectivity index (χ1n) is 5.52. The predicted molar refractivity (Wildman–Crippen MR) is 65.5 cm³/mol. The number of hydrogen-bond donors (Lipinski definition) is 4. The summed E-state index contributed by atoms with van der Waals surface area (Å²) < 4.78 is 0. The minimum Gasteiger partial charge on any atom is -0.465 e. The van der Waals surface area contributed by atoms with Crippen molar-refractivity contribution in [1.82, 2.24) is 10.3 Å². The van der Waals surface area contributed by atoms with Crippen LogP contribution in [-0.2, 0) is 4.79 Å². The molecule has 1 heterocycles. The van der Waals surface area contributed by atoms with Crippen LogP contribution < -0.4 is 16.0 Å². The van der Waals surface area contributed by atoms with Gasteiger partial charge in [0.15, 0.2) is 0 Å². The Labute approximate surface area is 104 Å². The number of nitrogens with one attached hydrogen (secondary N) is 3. The summed E-state index contributed by atoms with van der Waals surface area (Å²) >= 11 is 0. The number of carboxylic acid groups (broad SMARTS) is 1. The molecule has 1 aliphatic carbocycles. The van der Waals surface area contributed by atoms with Crippen molar-refractivity contribution >= 4 is 23.4 Å². The number of hydrogen-bond acceptors (Lipinski definition) is 4. The van der Waals surface area contributed by atoms with Gasteiger partial charge in [-0.15, -0.1) is 0 Å². The van der Waals surface area contributed by atoms with Crippen molar-refractivity contribution in [2.24, 2.45) is 0 Å². The van der Waals surface area contributed by atoms with E-state index in [2.05, 4.69) is 20.9 Å². The molecule has 0 unspecified atom stereocenters. The minimum atomic E-state index is -1.19. The molecule has 1 aliphatic rings. The molecule has 7 heteroatoms. The summed E-state index contributed by atoms with van der Waals surface area (Å²) in [5.41, 5.74) is 0.285. The van der Waals surface area contributed by atoms with E-state index >= 15 is 0 Å². The van der Waals surface area contributed by atoms with Crippen LogP contribution in [0.3, 0.4) is 0 Å². The van der Waals surface area contributed by atoms with Gasteiger partial charge in [-0.25, -0.2) is 4.79 Å². The van der Waals surface area contributed by atoms with Crippen LogP contribution in [0.25, 0.3) is 0 Å². The highest BCUT2D eigenvalue weighted by atomic mass is 16.4. The molecule has 0 bridgehead atoms. The summed E-state index contributed by atoms with van der Waals surface area (Å²) in [6.07, 6.45) is 2.99. The zero-order chi connectivity index (χ0) is 13.2. The molecule has 0 spiro atoms. The third-order valence-electron chi connectivity index (χ3n) is 2.87. The van der Waals surface area contributed by atoms with Crippen molar-refractivity contribution in [3.8, 4) is 0 Å². The Morgan fingerprint density at radius 1 is 1.39 bits per heavy atom. The summed E-state index contributed by atoms with van der Waals surface area (Å²) in [7, 11) is 1.72. The molecule has 1 saturated carbocycles. The molecule has 96 valence electrons. The van der Waals surface area contributed by atoms with Gasteiger partial charge in [0.05, 0.1) is 17.6 Å². The second-order valence-corrected chi connectivity index (χ2v) is 4.14. The molecule has 0 aliphatic heterocycles. The fourth-order valence-corrected chi connectivity index (χ4v) is 1.68. The molecule has 2 rings (SSSR count). The maximum atomic E-state index is 12.0. The number of carbonyl (C=O) groups excluding carboxylic acids is 1. The topological polar surface area (TPSA) is 103 Å². The summed E-state index contributed by atoms with van der Waals surface area (Å²) in [5, 5.41) is 16.5. The van der Waals surface area contributed by atoms with Crippen LogP contribution in [0.1, 0.15) is 12.8 Å². The number of pyridine rings is 1. The molecular weight excluding hydrogens is 236 g/mol. The van der Waals surface area contributed by atoms with Crippen LogP contribution in [0.5, 0.6) is 0 Å². The van der Waals surface area contributed by atoms with Gasteiger partial charge in [0.25, 0.3) is 0 Å². The van der Waals surface area contributed by atoms with Crippen LogP contribution in [0.15, 0.2) is 18.5 Å². The van der Waals surface area contributed by atoms with E-state index in [1.165, 1.54) is 0 Å². The summed E-state index contributed by atoms with van der Waals surface area (Å²) in [4.78, 5) is 26.6. The minimum absolute atomic E-state index is 0.340. The lowest BCUT2D eigenvalue weighted by molar-refractivity contribution is -0.119. The lowest BCUT2D eigenvalue weighted by Gasteiger charge is -2.16. The van der Waals surface area contributed by atoms with Crippen molar-refractivity contribution < 1.29 is 14.7 Å². The Morgan fingerprint density at radius 3 is 2.67 bits per heavy atom. The zero-order valence-electron chi connectivity index (χ0n) is 9.86. The SMILES string of the molecule is CNc1cnccc1NC(=O)C1(NC(=O)O)CC1. The van der Waals surface area contributed by atoms with E-state index in [1.807, 2.05) is 0 Å². The lowest BCUT2D eigenvalue weighted by Crippen LogP contribution is -2.45. The molecule has 0 aromatic carbocycles. The number of anilines is 2. The van der Waals surface area contributed by atoms with Gasteiger partial charge in [-0.05, 0) is 18.9 Å². The van der Waals surface area contributed by atoms with Crippen molar-refractivity contribution in [2.45, 2.75) is 18.4 Å². The molecular formula is C11H14N4O3. The van der Waals surface area contributed by atoms with Gasteiger partial charge in [-0.3, -0.25) is 9.78 Å². The fourth-order valence-electron chi connectivity index (χ4n) is 1.68. The third kappa shape index (κ3) is 2.34. The normalized spacial score (nSPS) is 15.6. The Hall–Kier alpha value is -2.31. The largest absolute Gasteiger partial charge is 0.465 e. The number of nitrogens with zero attached hydrogens (tertiary/aromatic N) is 1. The van der Waals surface area contributed by atoms with Gasteiger partial charge in [0, 0.05) is 13.2 Å². The second kappa shape index (κ2) is 4.52. The van der Waals surface area contributed by atoms with Gasteiger partial charge in [0.2, 0.25) is 5.91 Å². The molecule has 4 N–H and O–H groups in total. The number of carbonyl (C=O) groups is 2. The van der Waals surface area contributed by atoms with E-state index in [4.69, 9.17) is 5.11 Å². The summed E-state index contributed by atoms with van der Waals surface area (Å²) in [5.74, 6) is -0.340. The Balaban J connectivity index is 2.10. The smallest absolute Gasteiger partial charge is 0.405 e. The van der Waals surface area contributed by atoms with Gasteiger partial charge < -0.3 is 21.1 Å². The molecule has 0 saturated heterocycles. The molecule has 1 aromatic rings. The Kier molecular flexibility index (Phi) is 3.05. The maximum Gasteiger partial charge on any atom is 0.405 e. The monoisotopic (exact) mass is 250 g/mol. The third-order valence-corrected chi connectivity index (χ3v) is 2.87. The first-order chi connectivity index (χ1) is 8.57. The van der Waals surface area contributed by atoms with E-state index in [-0.39, 0.29) is 5.91 Å². The highest BCUT2D eigenvalue weighted by Crippen LogP contribution is 2.37. The quantitative estimate of drug-likeness (QED) is 0.634. The van der Waals surface area contributed by atoms with E-state index in [0.717, 1.165) is 0 Å². The van der Waals surface area contributed by atoms with Crippen molar-refractivity contribution in [2.75, 3.05) is 17.7 Å². The maximum absolute atomic E-state index is 12.0. The molecule has 0 atom stereocenters. The van der Waals surface area contributed by atoms with Crippen molar-refractivity contribution in [3.05, 3.63) is 18.5 Å². The highest BCUT2D eigenvalue weighted by molar-refractivity contribution is 6.03. The Bertz CT molecular complexity index is 485. The second-order valence-electron chi connectivity index (χ2n) is 4.14. The zero-order valence-corrected chi connectivity index (χ0v) is 9.86. The number of amides is 2. The highest BCUT2D eigenvalue weighted by Gasteiger charge is 2.51. The molecule has 18 heavy (non-hydrogen) atoms. The lowest BCUT2D eigenvalue weighted by atomic mass is 10.2. The predicted octanol–water partition coefficient (Wildman–Crippen LogP) is 0.862. The van der Waals surface area contributed by atoms with Crippen LogP contribution in [0, 0.1) is 0 Å². The average molecular weight is 250 g/mol. The van der Waals surface area contributed by atoms with Crippen LogP contribution in [0.2, 0.25) is 0 Å². The van der Waals surface area contributed by atoms with Crippen LogP contribution in [0.4, 0.5) is 16.2 Å². The van der Waals surface area contributed by atoms with Crippen LogP contribution in [-0.4, -0.2) is 34.7 Å². The molecule has 0 radical (unpaired) electrons.